The lowest BCUT2D eigenvalue weighted by Gasteiger charge is -2.09. The van der Waals surface area contributed by atoms with Crippen molar-refractivity contribution >= 4 is 17.5 Å². The van der Waals surface area contributed by atoms with Crippen LogP contribution in [-0.4, -0.2) is 32.3 Å². The Hall–Kier alpha value is -1.26. The average molecular weight is 286 g/mol. The Bertz CT molecular complexity index is 410. The number of hydrogen-bond acceptors (Lipinski definition) is 3. The van der Waals surface area contributed by atoms with Crippen molar-refractivity contribution < 1.29 is 14.3 Å². The van der Waals surface area contributed by atoms with Crippen LogP contribution in [0.25, 0.3) is 0 Å². The predicted molar refractivity (Wildman–Crippen MR) is 75.8 cm³/mol. The molecule has 0 aliphatic carbocycles. The van der Waals surface area contributed by atoms with Crippen molar-refractivity contribution in [3.63, 3.8) is 0 Å². The molecule has 0 saturated carbocycles. The van der Waals surface area contributed by atoms with Gasteiger partial charge in [0.15, 0.2) is 6.61 Å². The summed E-state index contributed by atoms with van der Waals surface area (Å²) in [6.45, 7) is 5.81. The zero-order valence-electron chi connectivity index (χ0n) is 11.4. The predicted octanol–water partition coefficient (Wildman–Crippen LogP) is 2.57. The maximum Gasteiger partial charge on any atom is 0.257 e. The van der Waals surface area contributed by atoms with Gasteiger partial charge in [-0.05, 0) is 44.0 Å². The molecular formula is C14H20ClNO3. The van der Waals surface area contributed by atoms with E-state index < -0.39 is 0 Å². The van der Waals surface area contributed by atoms with Crippen molar-refractivity contribution in [2.24, 2.45) is 0 Å². The van der Waals surface area contributed by atoms with E-state index in [9.17, 15) is 4.79 Å². The van der Waals surface area contributed by atoms with Gasteiger partial charge in [-0.15, -0.1) is 0 Å². The van der Waals surface area contributed by atoms with Gasteiger partial charge < -0.3 is 14.8 Å². The van der Waals surface area contributed by atoms with E-state index in [1.54, 1.807) is 18.2 Å². The molecule has 0 atom stereocenters. The maximum absolute atomic E-state index is 11.5. The third-order valence-corrected chi connectivity index (χ3v) is 2.72. The summed E-state index contributed by atoms with van der Waals surface area (Å²) in [5, 5.41) is 3.43. The molecule has 5 heteroatoms. The average Bonchev–Trinajstić information content (AvgIpc) is 2.37. The van der Waals surface area contributed by atoms with E-state index in [0.29, 0.717) is 30.5 Å². The molecule has 1 aromatic rings. The SMILES string of the molecule is CCOCCCNC(=O)COc1ccc(Cl)cc1C. The minimum absolute atomic E-state index is 0.0110. The van der Waals surface area contributed by atoms with Gasteiger partial charge >= 0.3 is 0 Å². The molecule has 0 aliphatic heterocycles. The number of benzene rings is 1. The number of aryl methyl sites for hydroxylation is 1. The molecule has 0 fully saturated rings. The van der Waals surface area contributed by atoms with Gasteiger partial charge in [-0.25, -0.2) is 0 Å². The van der Waals surface area contributed by atoms with Crippen LogP contribution >= 0.6 is 11.6 Å². The fraction of sp³-hybridized carbons (Fsp3) is 0.500. The van der Waals surface area contributed by atoms with E-state index in [0.717, 1.165) is 12.0 Å². The van der Waals surface area contributed by atoms with Crippen molar-refractivity contribution in [3.8, 4) is 5.75 Å². The first-order chi connectivity index (χ1) is 9.13. The molecule has 0 heterocycles. The molecule has 19 heavy (non-hydrogen) atoms. The lowest BCUT2D eigenvalue weighted by atomic mass is 10.2. The molecule has 1 rings (SSSR count). The minimum atomic E-state index is -0.133. The van der Waals surface area contributed by atoms with Gasteiger partial charge in [0.25, 0.3) is 5.91 Å². The van der Waals surface area contributed by atoms with Gasteiger partial charge in [-0.2, -0.15) is 0 Å². The minimum Gasteiger partial charge on any atom is -0.484 e. The number of carbonyl (C=O) groups is 1. The first kappa shape index (κ1) is 15.8. The zero-order chi connectivity index (χ0) is 14.1. The number of ether oxygens (including phenoxy) is 2. The highest BCUT2D eigenvalue weighted by Crippen LogP contribution is 2.21. The molecule has 1 amide bonds. The molecule has 106 valence electrons. The molecule has 4 nitrogen and oxygen atoms in total. The number of halogens is 1. The van der Waals surface area contributed by atoms with E-state index in [1.165, 1.54) is 0 Å². The maximum atomic E-state index is 11.5. The monoisotopic (exact) mass is 285 g/mol. The Labute approximate surface area is 119 Å². The second kappa shape index (κ2) is 8.77. The molecule has 0 aliphatic rings. The van der Waals surface area contributed by atoms with Crippen LogP contribution in [0.15, 0.2) is 18.2 Å². The molecule has 0 saturated heterocycles. The number of hydrogen-bond donors (Lipinski definition) is 1. The molecule has 0 spiro atoms. The molecule has 0 aromatic heterocycles. The third kappa shape index (κ3) is 6.45. The summed E-state index contributed by atoms with van der Waals surface area (Å²) in [5.41, 5.74) is 0.914. The highest BCUT2D eigenvalue weighted by Gasteiger charge is 2.04. The van der Waals surface area contributed by atoms with Crippen LogP contribution in [0.1, 0.15) is 18.9 Å². The van der Waals surface area contributed by atoms with Crippen LogP contribution in [0.5, 0.6) is 5.75 Å². The van der Waals surface area contributed by atoms with Crippen LogP contribution in [0, 0.1) is 6.92 Å². The quantitative estimate of drug-likeness (QED) is 0.747. The van der Waals surface area contributed by atoms with Crippen LogP contribution in [0.4, 0.5) is 0 Å². The van der Waals surface area contributed by atoms with Gasteiger partial charge in [0.2, 0.25) is 0 Å². The number of rotatable bonds is 8. The summed E-state index contributed by atoms with van der Waals surface area (Å²) in [7, 11) is 0. The number of carbonyl (C=O) groups excluding carboxylic acids is 1. The highest BCUT2D eigenvalue weighted by molar-refractivity contribution is 6.30. The van der Waals surface area contributed by atoms with E-state index >= 15 is 0 Å². The second-order valence-electron chi connectivity index (χ2n) is 4.10. The summed E-state index contributed by atoms with van der Waals surface area (Å²) in [6, 6.07) is 5.31. The molecule has 1 aromatic carbocycles. The van der Waals surface area contributed by atoms with Gasteiger partial charge in [0.05, 0.1) is 0 Å². The smallest absolute Gasteiger partial charge is 0.257 e. The van der Waals surface area contributed by atoms with Crippen LogP contribution < -0.4 is 10.1 Å². The molecule has 0 bridgehead atoms. The Morgan fingerprint density at radius 2 is 2.21 bits per heavy atom. The van der Waals surface area contributed by atoms with Gasteiger partial charge in [-0.3, -0.25) is 4.79 Å². The molecular weight excluding hydrogens is 266 g/mol. The Balaban J connectivity index is 2.22. The van der Waals surface area contributed by atoms with Crippen molar-refractivity contribution in [1.29, 1.82) is 0 Å². The van der Waals surface area contributed by atoms with E-state index in [4.69, 9.17) is 21.1 Å². The van der Waals surface area contributed by atoms with Crippen molar-refractivity contribution in [2.75, 3.05) is 26.4 Å². The topological polar surface area (TPSA) is 47.6 Å². The normalized spacial score (nSPS) is 10.3. The summed E-state index contributed by atoms with van der Waals surface area (Å²) in [6.07, 6.45) is 0.805. The summed E-state index contributed by atoms with van der Waals surface area (Å²) in [5.74, 6) is 0.541. The van der Waals surface area contributed by atoms with E-state index in [1.807, 2.05) is 13.8 Å². The standard InChI is InChI=1S/C14H20ClNO3/c1-3-18-8-4-7-16-14(17)10-19-13-6-5-12(15)9-11(13)2/h5-6,9H,3-4,7-8,10H2,1-2H3,(H,16,17). The zero-order valence-corrected chi connectivity index (χ0v) is 12.1. The largest absolute Gasteiger partial charge is 0.484 e. The first-order valence-electron chi connectivity index (χ1n) is 6.37. The van der Waals surface area contributed by atoms with Crippen molar-refractivity contribution in [2.45, 2.75) is 20.3 Å². The van der Waals surface area contributed by atoms with Gasteiger partial charge in [0.1, 0.15) is 5.75 Å². The molecule has 0 radical (unpaired) electrons. The Kier molecular flexibility index (Phi) is 7.30. The lowest BCUT2D eigenvalue weighted by molar-refractivity contribution is -0.123. The fourth-order valence-corrected chi connectivity index (χ4v) is 1.74. The van der Waals surface area contributed by atoms with Crippen LogP contribution in [-0.2, 0) is 9.53 Å². The summed E-state index contributed by atoms with van der Waals surface area (Å²) >= 11 is 5.84. The summed E-state index contributed by atoms with van der Waals surface area (Å²) < 4.78 is 10.6. The Morgan fingerprint density at radius 3 is 2.89 bits per heavy atom. The van der Waals surface area contributed by atoms with Gasteiger partial charge in [-0.1, -0.05) is 11.6 Å². The lowest BCUT2D eigenvalue weighted by Crippen LogP contribution is -2.30. The first-order valence-corrected chi connectivity index (χ1v) is 6.74. The second-order valence-corrected chi connectivity index (χ2v) is 4.54. The summed E-state index contributed by atoms with van der Waals surface area (Å²) in [4.78, 5) is 11.5. The number of nitrogens with one attached hydrogen (secondary N) is 1. The Morgan fingerprint density at radius 1 is 1.42 bits per heavy atom. The molecule has 1 N–H and O–H groups in total. The highest BCUT2D eigenvalue weighted by atomic mass is 35.5. The number of amides is 1. The van der Waals surface area contributed by atoms with Crippen molar-refractivity contribution in [3.05, 3.63) is 28.8 Å². The van der Waals surface area contributed by atoms with Crippen LogP contribution in [0.3, 0.4) is 0 Å². The van der Waals surface area contributed by atoms with E-state index in [2.05, 4.69) is 5.32 Å². The van der Waals surface area contributed by atoms with E-state index in [-0.39, 0.29) is 12.5 Å². The van der Waals surface area contributed by atoms with Gasteiger partial charge in [0, 0.05) is 24.8 Å². The van der Waals surface area contributed by atoms with Crippen LogP contribution in [0.2, 0.25) is 5.02 Å². The third-order valence-electron chi connectivity index (χ3n) is 2.49. The fourth-order valence-electron chi connectivity index (χ4n) is 1.52. The molecule has 0 unspecified atom stereocenters. The van der Waals surface area contributed by atoms with Crippen molar-refractivity contribution in [1.82, 2.24) is 5.32 Å².